The maximum atomic E-state index is 13.0. The molecule has 6 heteroatoms. The fourth-order valence-corrected chi connectivity index (χ4v) is 2.62. The van der Waals surface area contributed by atoms with Crippen LogP contribution in [0.3, 0.4) is 0 Å². The normalized spacial score (nSPS) is 11.5. The van der Waals surface area contributed by atoms with Crippen LogP contribution in [-0.2, 0) is 12.1 Å². The summed E-state index contributed by atoms with van der Waals surface area (Å²) in [6.07, 6.45) is -4.46. The van der Waals surface area contributed by atoms with Gasteiger partial charge in [-0.15, -0.1) is 11.6 Å². The van der Waals surface area contributed by atoms with E-state index in [1.165, 1.54) is 12.1 Å². The van der Waals surface area contributed by atoms with Gasteiger partial charge in [0, 0.05) is 5.88 Å². The van der Waals surface area contributed by atoms with Gasteiger partial charge in [0.2, 0.25) is 0 Å². The van der Waals surface area contributed by atoms with E-state index in [2.05, 4.69) is 15.9 Å². The molecule has 1 nitrogen and oxygen atoms in total. The summed E-state index contributed by atoms with van der Waals surface area (Å²) in [4.78, 5) is 0. The van der Waals surface area contributed by atoms with Crippen LogP contribution in [0, 0.1) is 6.92 Å². The summed E-state index contributed by atoms with van der Waals surface area (Å²) >= 11 is 8.87. The summed E-state index contributed by atoms with van der Waals surface area (Å²) in [6.45, 7) is 1.91. The van der Waals surface area contributed by atoms with Crippen LogP contribution >= 0.6 is 27.5 Å². The van der Waals surface area contributed by atoms with Crippen molar-refractivity contribution < 1.29 is 17.9 Å². The standard InChI is InChI=1S/C15H11BrClF3O/c1-9-2-5-14(13(16)6-9)21-11-4-3-10(8-17)12(7-11)15(18,19)20/h2-7H,8H2,1H3. The van der Waals surface area contributed by atoms with Gasteiger partial charge in [0.1, 0.15) is 11.5 Å². The summed E-state index contributed by atoms with van der Waals surface area (Å²) in [5.74, 6) is 0.358. The lowest BCUT2D eigenvalue weighted by Gasteiger charge is -2.14. The molecule has 0 saturated heterocycles. The summed E-state index contributed by atoms with van der Waals surface area (Å²) in [7, 11) is 0. The third-order valence-corrected chi connectivity index (χ3v) is 3.75. The lowest BCUT2D eigenvalue weighted by Crippen LogP contribution is -2.08. The molecule has 21 heavy (non-hydrogen) atoms. The molecule has 0 aliphatic carbocycles. The van der Waals surface area contributed by atoms with Crippen molar-refractivity contribution in [3.8, 4) is 11.5 Å². The maximum Gasteiger partial charge on any atom is 0.416 e. The molecular formula is C15H11BrClF3O. The van der Waals surface area contributed by atoms with Crippen LogP contribution in [0.25, 0.3) is 0 Å². The molecule has 0 unspecified atom stereocenters. The predicted molar refractivity (Wildman–Crippen MR) is 80.0 cm³/mol. The number of hydrogen-bond donors (Lipinski definition) is 0. The van der Waals surface area contributed by atoms with Gasteiger partial charge in [0.15, 0.2) is 0 Å². The van der Waals surface area contributed by atoms with Crippen LogP contribution in [0.15, 0.2) is 40.9 Å². The third kappa shape index (κ3) is 3.92. The molecule has 0 aliphatic heterocycles. The van der Waals surface area contributed by atoms with E-state index in [1.807, 2.05) is 19.1 Å². The SMILES string of the molecule is Cc1ccc(Oc2ccc(CCl)c(C(F)(F)F)c2)c(Br)c1. The Hall–Kier alpha value is -1.20. The van der Waals surface area contributed by atoms with Crippen molar-refractivity contribution in [1.82, 2.24) is 0 Å². The summed E-state index contributed by atoms with van der Waals surface area (Å²) in [5, 5.41) is 0. The fourth-order valence-electron chi connectivity index (χ4n) is 1.82. The van der Waals surface area contributed by atoms with Crippen molar-refractivity contribution in [2.75, 3.05) is 0 Å². The van der Waals surface area contributed by atoms with Crippen molar-refractivity contribution in [3.05, 3.63) is 57.6 Å². The van der Waals surface area contributed by atoms with Crippen molar-refractivity contribution in [2.45, 2.75) is 19.0 Å². The van der Waals surface area contributed by atoms with Crippen LogP contribution in [0.5, 0.6) is 11.5 Å². The first kappa shape index (κ1) is 16.2. The van der Waals surface area contributed by atoms with E-state index in [4.69, 9.17) is 16.3 Å². The lowest BCUT2D eigenvalue weighted by atomic mass is 10.1. The minimum atomic E-state index is -4.46. The second kappa shape index (κ2) is 6.28. The molecule has 2 aromatic rings. The molecular weight excluding hydrogens is 369 g/mol. The molecule has 0 spiro atoms. The topological polar surface area (TPSA) is 9.23 Å². The zero-order valence-electron chi connectivity index (χ0n) is 11.0. The molecule has 2 rings (SSSR count). The molecule has 0 aliphatic rings. The van der Waals surface area contributed by atoms with Gasteiger partial charge in [-0.25, -0.2) is 0 Å². The van der Waals surface area contributed by atoms with E-state index in [9.17, 15) is 13.2 Å². The number of benzene rings is 2. The highest BCUT2D eigenvalue weighted by atomic mass is 79.9. The van der Waals surface area contributed by atoms with Crippen molar-refractivity contribution >= 4 is 27.5 Å². The number of alkyl halides is 4. The number of hydrogen-bond acceptors (Lipinski definition) is 1. The van der Waals surface area contributed by atoms with Crippen LogP contribution in [-0.4, -0.2) is 0 Å². The first-order valence-corrected chi connectivity index (χ1v) is 7.34. The minimum Gasteiger partial charge on any atom is -0.456 e. The number of aryl methyl sites for hydroxylation is 1. The highest BCUT2D eigenvalue weighted by molar-refractivity contribution is 9.10. The number of ether oxygens (including phenoxy) is 1. The van der Waals surface area contributed by atoms with Gasteiger partial charge in [-0.3, -0.25) is 0 Å². The summed E-state index contributed by atoms with van der Waals surface area (Å²) in [6, 6.07) is 9.10. The van der Waals surface area contributed by atoms with Gasteiger partial charge in [-0.2, -0.15) is 13.2 Å². The number of rotatable bonds is 3. The third-order valence-electron chi connectivity index (χ3n) is 2.85. The Bertz CT molecular complexity index is 656. The molecule has 0 bridgehead atoms. The molecule has 0 radical (unpaired) electrons. The molecule has 2 aromatic carbocycles. The zero-order valence-corrected chi connectivity index (χ0v) is 13.3. The van der Waals surface area contributed by atoms with Gasteiger partial charge < -0.3 is 4.74 Å². The maximum absolute atomic E-state index is 13.0. The van der Waals surface area contributed by atoms with E-state index >= 15 is 0 Å². The predicted octanol–water partition coefficient (Wildman–Crippen LogP) is 6.31. The summed E-state index contributed by atoms with van der Waals surface area (Å²) < 4.78 is 45.1. The molecule has 0 atom stereocenters. The van der Waals surface area contributed by atoms with E-state index in [-0.39, 0.29) is 17.2 Å². The van der Waals surface area contributed by atoms with E-state index in [0.29, 0.717) is 10.2 Å². The Morgan fingerprint density at radius 1 is 1.14 bits per heavy atom. The van der Waals surface area contributed by atoms with Gasteiger partial charge >= 0.3 is 6.18 Å². The zero-order chi connectivity index (χ0) is 15.6. The molecule has 0 aromatic heterocycles. The van der Waals surface area contributed by atoms with Crippen molar-refractivity contribution in [2.24, 2.45) is 0 Å². The van der Waals surface area contributed by atoms with Gasteiger partial charge in [-0.05, 0) is 58.2 Å². The van der Waals surface area contributed by atoms with Gasteiger partial charge in [0.25, 0.3) is 0 Å². The Kier molecular flexibility index (Phi) is 4.84. The first-order chi connectivity index (χ1) is 9.81. The minimum absolute atomic E-state index is 0.0273. The average molecular weight is 380 g/mol. The van der Waals surface area contributed by atoms with Crippen molar-refractivity contribution in [3.63, 3.8) is 0 Å². The van der Waals surface area contributed by atoms with Crippen LogP contribution in [0.1, 0.15) is 16.7 Å². The first-order valence-electron chi connectivity index (χ1n) is 6.01. The monoisotopic (exact) mass is 378 g/mol. The highest BCUT2D eigenvalue weighted by Gasteiger charge is 2.33. The van der Waals surface area contributed by atoms with Crippen molar-refractivity contribution in [1.29, 1.82) is 0 Å². The Morgan fingerprint density at radius 3 is 2.43 bits per heavy atom. The fraction of sp³-hybridized carbons (Fsp3) is 0.200. The number of halogens is 5. The summed E-state index contributed by atoms with van der Waals surface area (Å²) in [5.41, 5.74) is 0.264. The molecule has 0 amide bonds. The second-order valence-electron chi connectivity index (χ2n) is 4.49. The van der Waals surface area contributed by atoms with Crippen LogP contribution in [0.2, 0.25) is 0 Å². The van der Waals surface area contributed by atoms with Gasteiger partial charge in [0.05, 0.1) is 10.0 Å². The van der Waals surface area contributed by atoms with Crippen LogP contribution < -0.4 is 4.74 Å². The largest absolute Gasteiger partial charge is 0.456 e. The Labute approximate surface area is 133 Å². The molecule has 0 heterocycles. The van der Waals surface area contributed by atoms with E-state index < -0.39 is 11.7 Å². The molecule has 0 N–H and O–H groups in total. The molecule has 0 fully saturated rings. The van der Waals surface area contributed by atoms with E-state index in [1.54, 1.807) is 6.07 Å². The Balaban J connectivity index is 2.37. The lowest BCUT2D eigenvalue weighted by molar-refractivity contribution is -0.138. The smallest absolute Gasteiger partial charge is 0.416 e. The molecule has 0 saturated carbocycles. The quantitative estimate of drug-likeness (QED) is 0.568. The average Bonchev–Trinajstić information content (AvgIpc) is 2.41. The molecule has 112 valence electrons. The highest BCUT2D eigenvalue weighted by Crippen LogP contribution is 2.37. The van der Waals surface area contributed by atoms with Gasteiger partial charge in [-0.1, -0.05) is 12.1 Å². The van der Waals surface area contributed by atoms with E-state index in [0.717, 1.165) is 11.6 Å². The Morgan fingerprint density at radius 2 is 1.86 bits per heavy atom. The van der Waals surface area contributed by atoms with Crippen LogP contribution in [0.4, 0.5) is 13.2 Å². The second-order valence-corrected chi connectivity index (χ2v) is 5.61.